The normalized spacial score (nSPS) is 12.0. The van der Waals surface area contributed by atoms with Crippen molar-refractivity contribution >= 4 is 17.9 Å². The molecule has 0 radical (unpaired) electrons. The number of imide groups is 1. The van der Waals surface area contributed by atoms with Crippen LogP contribution in [-0.4, -0.2) is 37.2 Å². The van der Waals surface area contributed by atoms with Crippen LogP contribution in [0.2, 0.25) is 0 Å². The molecular formula is C18H26N2O5. The molecule has 1 aromatic rings. The number of carbonyl (C=O) groups excluding carboxylic acids is 3. The fourth-order valence-electron chi connectivity index (χ4n) is 1.91. The molecule has 2 N–H and O–H groups in total. The summed E-state index contributed by atoms with van der Waals surface area (Å²) in [6, 6.07) is 6.81. The van der Waals surface area contributed by atoms with Crippen molar-refractivity contribution in [3.63, 3.8) is 0 Å². The Balaban J connectivity index is 2.46. The first-order chi connectivity index (χ1) is 11.6. The first-order valence-corrected chi connectivity index (χ1v) is 8.15. The lowest BCUT2D eigenvalue weighted by Gasteiger charge is -2.20. The van der Waals surface area contributed by atoms with E-state index in [0.29, 0.717) is 12.3 Å². The van der Waals surface area contributed by atoms with Crippen molar-refractivity contribution in [1.82, 2.24) is 10.6 Å². The van der Waals surface area contributed by atoms with Gasteiger partial charge in [0.2, 0.25) is 0 Å². The molecule has 0 spiro atoms. The van der Waals surface area contributed by atoms with Gasteiger partial charge < -0.3 is 14.8 Å². The van der Waals surface area contributed by atoms with Crippen molar-refractivity contribution in [2.45, 2.75) is 46.1 Å². The third kappa shape index (κ3) is 7.24. The number of ether oxygens (including phenoxy) is 2. The van der Waals surface area contributed by atoms with E-state index in [-0.39, 0.29) is 5.41 Å². The van der Waals surface area contributed by atoms with Gasteiger partial charge in [-0.1, -0.05) is 32.9 Å². The van der Waals surface area contributed by atoms with Crippen LogP contribution in [-0.2, 0) is 19.7 Å². The molecule has 7 nitrogen and oxygen atoms in total. The van der Waals surface area contributed by atoms with Gasteiger partial charge in [-0.2, -0.15) is 0 Å². The van der Waals surface area contributed by atoms with Gasteiger partial charge in [0.05, 0.1) is 0 Å². The minimum Gasteiger partial charge on any atom is -0.479 e. The molecular weight excluding hydrogens is 324 g/mol. The van der Waals surface area contributed by atoms with Gasteiger partial charge in [-0.05, 0) is 37.0 Å². The van der Waals surface area contributed by atoms with E-state index in [1.807, 2.05) is 17.4 Å². The van der Waals surface area contributed by atoms with Gasteiger partial charge in [0.1, 0.15) is 5.75 Å². The van der Waals surface area contributed by atoms with Crippen LogP contribution in [0.1, 0.15) is 40.2 Å². The molecule has 0 aliphatic rings. The third-order valence-electron chi connectivity index (χ3n) is 3.30. The maximum Gasteiger partial charge on any atom is 0.347 e. The minimum atomic E-state index is -0.877. The average Bonchev–Trinajstić information content (AvgIpc) is 2.52. The molecule has 0 aliphatic carbocycles. The maximum atomic E-state index is 11.9. The number of urea groups is 1. The Hall–Kier alpha value is -2.57. The van der Waals surface area contributed by atoms with Crippen molar-refractivity contribution in [2.24, 2.45) is 0 Å². The summed E-state index contributed by atoms with van der Waals surface area (Å²) in [5.74, 6) is -0.865. The van der Waals surface area contributed by atoms with E-state index in [4.69, 9.17) is 9.47 Å². The van der Waals surface area contributed by atoms with Crippen molar-refractivity contribution in [1.29, 1.82) is 0 Å². The smallest absolute Gasteiger partial charge is 0.347 e. The molecule has 7 heteroatoms. The average molecular weight is 350 g/mol. The van der Waals surface area contributed by atoms with Crippen molar-refractivity contribution in [3.8, 4) is 5.75 Å². The lowest BCUT2D eigenvalue weighted by molar-refractivity contribution is -0.154. The third-order valence-corrected chi connectivity index (χ3v) is 3.30. The number of benzene rings is 1. The van der Waals surface area contributed by atoms with E-state index in [9.17, 15) is 14.4 Å². The van der Waals surface area contributed by atoms with Gasteiger partial charge in [0, 0.05) is 6.54 Å². The first-order valence-electron chi connectivity index (χ1n) is 8.15. The van der Waals surface area contributed by atoms with Gasteiger partial charge in [0.25, 0.3) is 5.91 Å². The Morgan fingerprint density at radius 2 is 1.72 bits per heavy atom. The monoisotopic (exact) mass is 350 g/mol. The molecule has 25 heavy (non-hydrogen) atoms. The fraction of sp³-hybridized carbons (Fsp3) is 0.500. The predicted octanol–water partition coefficient (Wildman–Crippen LogP) is 2.14. The topological polar surface area (TPSA) is 93.7 Å². The summed E-state index contributed by atoms with van der Waals surface area (Å²) in [5, 5.41) is 4.44. The van der Waals surface area contributed by atoms with Crippen molar-refractivity contribution in [3.05, 3.63) is 29.8 Å². The van der Waals surface area contributed by atoms with E-state index < -0.39 is 30.6 Å². The number of carbonyl (C=O) groups is 3. The second kappa shape index (κ2) is 9.05. The van der Waals surface area contributed by atoms with E-state index in [1.165, 1.54) is 6.92 Å². The zero-order valence-electron chi connectivity index (χ0n) is 15.3. The van der Waals surface area contributed by atoms with Crippen LogP contribution in [0.15, 0.2) is 24.3 Å². The Morgan fingerprint density at radius 1 is 1.12 bits per heavy atom. The van der Waals surface area contributed by atoms with E-state index in [1.54, 1.807) is 19.1 Å². The molecule has 0 heterocycles. The standard InChI is InChI=1S/C18H26N2O5/c1-6-19-17(23)20-15(21)11-24-16(22)12(2)25-14-9-7-13(8-10-14)18(3,4)5/h7-10,12H,6,11H2,1-5H3,(H2,19,20,21,23)/t12-/m1/s1. The van der Waals surface area contributed by atoms with E-state index >= 15 is 0 Å². The summed E-state index contributed by atoms with van der Waals surface area (Å²) < 4.78 is 10.3. The van der Waals surface area contributed by atoms with Crippen LogP contribution < -0.4 is 15.4 Å². The quantitative estimate of drug-likeness (QED) is 0.767. The SMILES string of the molecule is CCNC(=O)NC(=O)COC(=O)[C@@H](C)Oc1ccc(C(C)(C)C)cc1. The lowest BCUT2D eigenvalue weighted by Crippen LogP contribution is -2.41. The van der Waals surface area contributed by atoms with Crippen LogP contribution >= 0.6 is 0 Å². The Labute approximate surface area is 148 Å². The Kier molecular flexibility index (Phi) is 7.42. The molecule has 1 atom stereocenters. The van der Waals surface area contributed by atoms with Crippen LogP contribution in [0.4, 0.5) is 4.79 Å². The van der Waals surface area contributed by atoms with Crippen molar-refractivity contribution < 1.29 is 23.9 Å². The summed E-state index contributed by atoms with van der Waals surface area (Å²) >= 11 is 0. The second-order valence-electron chi connectivity index (χ2n) is 6.55. The van der Waals surface area contributed by atoms with Gasteiger partial charge >= 0.3 is 12.0 Å². The lowest BCUT2D eigenvalue weighted by atomic mass is 9.87. The zero-order valence-corrected chi connectivity index (χ0v) is 15.3. The largest absolute Gasteiger partial charge is 0.479 e. The summed E-state index contributed by atoms with van der Waals surface area (Å²) in [6.45, 7) is 9.40. The number of esters is 1. The number of hydrogen-bond acceptors (Lipinski definition) is 5. The summed E-state index contributed by atoms with van der Waals surface area (Å²) in [5.41, 5.74) is 1.18. The Bertz CT molecular complexity index is 605. The first kappa shape index (κ1) is 20.5. The number of nitrogens with one attached hydrogen (secondary N) is 2. The molecule has 0 fully saturated rings. The number of hydrogen-bond donors (Lipinski definition) is 2. The highest BCUT2D eigenvalue weighted by molar-refractivity contribution is 5.95. The molecule has 0 saturated carbocycles. The fourth-order valence-corrected chi connectivity index (χ4v) is 1.91. The Morgan fingerprint density at radius 3 is 2.24 bits per heavy atom. The molecule has 0 aromatic heterocycles. The highest BCUT2D eigenvalue weighted by Crippen LogP contribution is 2.24. The summed E-state index contributed by atoms with van der Waals surface area (Å²) in [6.07, 6.45) is -0.877. The second-order valence-corrected chi connectivity index (χ2v) is 6.55. The molecule has 0 bridgehead atoms. The highest BCUT2D eigenvalue weighted by Gasteiger charge is 2.19. The van der Waals surface area contributed by atoms with Gasteiger partial charge in [-0.15, -0.1) is 0 Å². The minimum absolute atomic E-state index is 0.0283. The molecule has 0 saturated heterocycles. The molecule has 0 unspecified atom stereocenters. The van der Waals surface area contributed by atoms with Crippen molar-refractivity contribution in [2.75, 3.05) is 13.2 Å². The highest BCUT2D eigenvalue weighted by atomic mass is 16.6. The van der Waals surface area contributed by atoms with E-state index in [2.05, 4.69) is 26.1 Å². The molecule has 0 aliphatic heterocycles. The van der Waals surface area contributed by atoms with Crippen LogP contribution in [0, 0.1) is 0 Å². The number of amides is 3. The summed E-state index contributed by atoms with van der Waals surface area (Å²) in [7, 11) is 0. The van der Waals surface area contributed by atoms with E-state index in [0.717, 1.165) is 5.56 Å². The van der Waals surface area contributed by atoms with Crippen LogP contribution in [0.3, 0.4) is 0 Å². The zero-order chi connectivity index (χ0) is 19.0. The van der Waals surface area contributed by atoms with Gasteiger partial charge in [-0.3, -0.25) is 10.1 Å². The maximum absolute atomic E-state index is 11.9. The van der Waals surface area contributed by atoms with Crippen LogP contribution in [0.25, 0.3) is 0 Å². The summed E-state index contributed by atoms with van der Waals surface area (Å²) in [4.78, 5) is 34.5. The predicted molar refractivity (Wildman–Crippen MR) is 93.4 cm³/mol. The molecule has 3 amide bonds. The number of rotatable bonds is 6. The van der Waals surface area contributed by atoms with Gasteiger partial charge in [-0.25, -0.2) is 9.59 Å². The van der Waals surface area contributed by atoms with Crippen LogP contribution in [0.5, 0.6) is 5.75 Å². The molecule has 1 rings (SSSR count). The van der Waals surface area contributed by atoms with Gasteiger partial charge in [0.15, 0.2) is 12.7 Å². The molecule has 138 valence electrons. The molecule has 1 aromatic carbocycles.